The topological polar surface area (TPSA) is 44.8 Å². The average Bonchev–Trinajstić information content (AvgIpc) is 2.96. The van der Waals surface area contributed by atoms with Crippen molar-refractivity contribution in [1.29, 1.82) is 0 Å². The standard InChI is InChI=1S/C16H31N3O2/c1-4-21-15(20)16(2,17-3)13-18-11-8-14(12-18)19-9-6-5-7-10-19/h14,17H,4-13H2,1-3H3. The van der Waals surface area contributed by atoms with Crippen LogP contribution >= 0.6 is 0 Å². The molecule has 5 nitrogen and oxygen atoms in total. The highest BCUT2D eigenvalue weighted by atomic mass is 16.5. The molecule has 0 amide bonds. The van der Waals surface area contributed by atoms with Gasteiger partial charge in [-0.1, -0.05) is 6.42 Å². The van der Waals surface area contributed by atoms with E-state index in [0.717, 1.165) is 19.6 Å². The zero-order valence-corrected chi connectivity index (χ0v) is 13.9. The monoisotopic (exact) mass is 297 g/mol. The first-order chi connectivity index (χ1) is 10.1. The normalized spacial score (nSPS) is 27.5. The minimum absolute atomic E-state index is 0.145. The van der Waals surface area contributed by atoms with Gasteiger partial charge in [-0.3, -0.25) is 14.6 Å². The molecule has 0 aromatic carbocycles. The first-order valence-corrected chi connectivity index (χ1v) is 8.41. The van der Waals surface area contributed by atoms with E-state index in [1.54, 1.807) is 0 Å². The second-order valence-corrected chi connectivity index (χ2v) is 6.58. The molecule has 0 radical (unpaired) electrons. The zero-order chi connectivity index (χ0) is 15.3. The number of hydrogen-bond acceptors (Lipinski definition) is 5. The molecule has 2 heterocycles. The van der Waals surface area contributed by atoms with E-state index in [1.165, 1.54) is 38.8 Å². The summed E-state index contributed by atoms with van der Waals surface area (Å²) < 4.78 is 5.21. The Balaban J connectivity index is 1.86. The molecule has 0 saturated carbocycles. The Labute approximate surface area is 129 Å². The highest BCUT2D eigenvalue weighted by Crippen LogP contribution is 2.22. The highest BCUT2D eigenvalue weighted by molar-refractivity contribution is 5.80. The molecule has 0 aliphatic carbocycles. The number of carbonyl (C=O) groups excluding carboxylic acids is 1. The Kier molecular flexibility index (Phi) is 6.02. The van der Waals surface area contributed by atoms with Crippen LogP contribution in [0, 0.1) is 0 Å². The smallest absolute Gasteiger partial charge is 0.327 e. The van der Waals surface area contributed by atoms with Gasteiger partial charge in [0.2, 0.25) is 0 Å². The number of hydrogen-bond donors (Lipinski definition) is 1. The fourth-order valence-electron chi connectivity index (χ4n) is 3.52. The molecule has 0 aromatic heterocycles. The summed E-state index contributed by atoms with van der Waals surface area (Å²) in [5.74, 6) is -0.145. The summed E-state index contributed by atoms with van der Waals surface area (Å²) in [5.41, 5.74) is -0.604. The molecule has 21 heavy (non-hydrogen) atoms. The minimum atomic E-state index is -0.604. The molecular formula is C16H31N3O2. The summed E-state index contributed by atoms with van der Waals surface area (Å²) in [6.07, 6.45) is 5.29. The SMILES string of the molecule is CCOC(=O)C(C)(CN1CCC(N2CCCCC2)C1)NC. The molecule has 2 unspecified atom stereocenters. The maximum Gasteiger partial charge on any atom is 0.327 e. The third-order valence-electron chi connectivity index (χ3n) is 4.97. The number of carbonyl (C=O) groups is 1. The molecule has 5 heteroatoms. The zero-order valence-electron chi connectivity index (χ0n) is 13.9. The number of nitrogens with one attached hydrogen (secondary N) is 1. The number of likely N-dealkylation sites (tertiary alicyclic amines) is 2. The third-order valence-corrected chi connectivity index (χ3v) is 4.97. The predicted molar refractivity (Wildman–Crippen MR) is 84.4 cm³/mol. The van der Waals surface area contributed by atoms with Gasteiger partial charge in [-0.05, 0) is 59.8 Å². The van der Waals surface area contributed by atoms with E-state index in [-0.39, 0.29) is 5.97 Å². The summed E-state index contributed by atoms with van der Waals surface area (Å²) in [5, 5.41) is 3.15. The molecule has 0 aromatic rings. The number of ether oxygens (including phenoxy) is 1. The van der Waals surface area contributed by atoms with Crippen LogP contribution in [-0.2, 0) is 9.53 Å². The molecular weight excluding hydrogens is 266 g/mol. The van der Waals surface area contributed by atoms with E-state index >= 15 is 0 Å². The summed E-state index contributed by atoms with van der Waals surface area (Å²) >= 11 is 0. The van der Waals surface area contributed by atoms with Crippen LogP contribution in [0.3, 0.4) is 0 Å². The van der Waals surface area contributed by atoms with Gasteiger partial charge in [-0.15, -0.1) is 0 Å². The lowest BCUT2D eigenvalue weighted by Gasteiger charge is -2.34. The van der Waals surface area contributed by atoms with Crippen molar-refractivity contribution in [1.82, 2.24) is 15.1 Å². The summed E-state index contributed by atoms with van der Waals surface area (Å²) in [4.78, 5) is 17.2. The van der Waals surface area contributed by atoms with E-state index in [9.17, 15) is 4.79 Å². The van der Waals surface area contributed by atoms with E-state index in [2.05, 4.69) is 15.1 Å². The highest BCUT2D eigenvalue weighted by Gasteiger charge is 2.38. The van der Waals surface area contributed by atoms with Crippen LogP contribution in [0.25, 0.3) is 0 Å². The Bertz CT molecular complexity index is 344. The molecule has 0 spiro atoms. The maximum atomic E-state index is 12.1. The fraction of sp³-hybridized carbons (Fsp3) is 0.938. The minimum Gasteiger partial charge on any atom is -0.465 e. The van der Waals surface area contributed by atoms with E-state index < -0.39 is 5.54 Å². The lowest BCUT2D eigenvalue weighted by atomic mass is 10.0. The Morgan fingerprint density at radius 2 is 2.00 bits per heavy atom. The first-order valence-electron chi connectivity index (χ1n) is 8.41. The first kappa shape index (κ1) is 16.7. The second-order valence-electron chi connectivity index (χ2n) is 6.58. The van der Waals surface area contributed by atoms with Crippen molar-refractivity contribution in [3.8, 4) is 0 Å². The Hall–Kier alpha value is -0.650. The number of likely N-dealkylation sites (N-methyl/N-ethyl adjacent to an activating group) is 1. The van der Waals surface area contributed by atoms with E-state index in [4.69, 9.17) is 4.74 Å². The molecule has 122 valence electrons. The van der Waals surface area contributed by atoms with E-state index in [0.29, 0.717) is 12.6 Å². The molecule has 2 aliphatic rings. The molecule has 2 fully saturated rings. The molecule has 0 bridgehead atoms. The molecule has 1 N–H and O–H groups in total. The van der Waals surface area contributed by atoms with Gasteiger partial charge in [0.15, 0.2) is 0 Å². The predicted octanol–water partition coefficient (Wildman–Crippen LogP) is 1.09. The van der Waals surface area contributed by atoms with Crippen LogP contribution in [0.5, 0.6) is 0 Å². The number of esters is 1. The average molecular weight is 297 g/mol. The van der Waals surface area contributed by atoms with Gasteiger partial charge in [-0.2, -0.15) is 0 Å². The summed E-state index contributed by atoms with van der Waals surface area (Å²) in [7, 11) is 1.84. The van der Waals surface area contributed by atoms with Crippen molar-refractivity contribution in [2.24, 2.45) is 0 Å². The molecule has 2 rings (SSSR count). The summed E-state index contributed by atoms with van der Waals surface area (Å²) in [6.45, 7) is 9.63. The van der Waals surface area contributed by atoms with Gasteiger partial charge in [0.05, 0.1) is 6.61 Å². The van der Waals surface area contributed by atoms with E-state index in [1.807, 2.05) is 20.9 Å². The number of rotatable bonds is 6. The number of nitrogens with zero attached hydrogens (tertiary/aromatic N) is 2. The maximum absolute atomic E-state index is 12.1. The van der Waals surface area contributed by atoms with Crippen molar-refractivity contribution in [3.63, 3.8) is 0 Å². The van der Waals surface area contributed by atoms with Gasteiger partial charge in [0.25, 0.3) is 0 Å². The van der Waals surface area contributed by atoms with Crippen LogP contribution in [0.4, 0.5) is 0 Å². The fourth-order valence-corrected chi connectivity index (χ4v) is 3.52. The van der Waals surface area contributed by atoms with Gasteiger partial charge >= 0.3 is 5.97 Å². The van der Waals surface area contributed by atoms with Crippen LogP contribution < -0.4 is 5.32 Å². The Morgan fingerprint density at radius 3 is 2.62 bits per heavy atom. The molecule has 2 aliphatic heterocycles. The lowest BCUT2D eigenvalue weighted by Crippen LogP contribution is -2.56. The molecule has 2 saturated heterocycles. The second kappa shape index (κ2) is 7.56. The van der Waals surface area contributed by atoms with Crippen LogP contribution in [0.1, 0.15) is 39.5 Å². The largest absolute Gasteiger partial charge is 0.465 e. The van der Waals surface area contributed by atoms with Crippen molar-refractivity contribution in [3.05, 3.63) is 0 Å². The van der Waals surface area contributed by atoms with Crippen molar-refractivity contribution in [2.75, 3.05) is 46.4 Å². The van der Waals surface area contributed by atoms with Crippen LogP contribution in [0.2, 0.25) is 0 Å². The van der Waals surface area contributed by atoms with Gasteiger partial charge in [0, 0.05) is 19.1 Å². The van der Waals surface area contributed by atoms with Gasteiger partial charge in [-0.25, -0.2) is 0 Å². The van der Waals surface area contributed by atoms with Crippen molar-refractivity contribution in [2.45, 2.75) is 51.1 Å². The van der Waals surface area contributed by atoms with Crippen LogP contribution in [0.15, 0.2) is 0 Å². The summed E-state index contributed by atoms with van der Waals surface area (Å²) in [6, 6.07) is 0.675. The molecule has 2 atom stereocenters. The van der Waals surface area contributed by atoms with Crippen LogP contribution in [-0.4, -0.2) is 73.7 Å². The van der Waals surface area contributed by atoms with Gasteiger partial charge in [0.1, 0.15) is 5.54 Å². The van der Waals surface area contributed by atoms with Crippen molar-refractivity contribution < 1.29 is 9.53 Å². The quantitative estimate of drug-likeness (QED) is 0.744. The third kappa shape index (κ3) is 4.18. The Morgan fingerprint density at radius 1 is 1.29 bits per heavy atom. The number of piperidine rings is 1. The lowest BCUT2D eigenvalue weighted by molar-refractivity contribution is -0.151. The van der Waals surface area contributed by atoms with Gasteiger partial charge < -0.3 is 10.1 Å². The van der Waals surface area contributed by atoms with Crippen molar-refractivity contribution >= 4 is 5.97 Å².